The molecule has 0 spiro atoms. The molecule has 0 unspecified atom stereocenters. The number of aryl methyl sites for hydroxylation is 1. The molecule has 0 aliphatic carbocycles. The van der Waals surface area contributed by atoms with Crippen molar-refractivity contribution in [3.8, 4) is 0 Å². The molecular weight excluding hydrogens is 392 g/mol. The molecule has 0 bridgehead atoms. The van der Waals surface area contributed by atoms with Crippen LogP contribution in [0.3, 0.4) is 0 Å². The maximum atomic E-state index is 12.3. The summed E-state index contributed by atoms with van der Waals surface area (Å²) in [6.07, 6.45) is 0.706. The van der Waals surface area contributed by atoms with E-state index in [4.69, 9.17) is 4.74 Å². The van der Waals surface area contributed by atoms with Gasteiger partial charge >= 0.3 is 5.97 Å². The van der Waals surface area contributed by atoms with Gasteiger partial charge in [-0.3, -0.25) is 14.9 Å². The Hall–Kier alpha value is -3.26. The second kappa shape index (κ2) is 8.83. The quantitative estimate of drug-likeness (QED) is 0.349. The lowest BCUT2D eigenvalue weighted by atomic mass is 10.0. The first-order chi connectivity index (χ1) is 13.9. The van der Waals surface area contributed by atoms with E-state index in [0.717, 1.165) is 15.8 Å². The van der Waals surface area contributed by atoms with Crippen molar-refractivity contribution in [3.63, 3.8) is 0 Å². The van der Waals surface area contributed by atoms with Crippen LogP contribution >= 0.6 is 11.3 Å². The standard InChI is InChI=1S/C21H20N2O5S/c1-3-17(14-6-4-13(2)5-7-14)22-20(24)12-28-21(25)19-11-15-10-16(23(26)27)8-9-18(15)29-19/h4-11,17H,3,12H2,1-2H3,(H,22,24)/t17-/m0/s1. The van der Waals surface area contributed by atoms with Crippen LogP contribution < -0.4 is 5.32 Å². The Morgan fingerprint density at radius 2 is 1.90 bits per heavy atom. The van der Waals surface area contributed by atoms with E-state index in [9.17, 15) is 19.7 Å². The van der Waals surface area contributed by atoms with Crippen LogP contribution in [0.2, 0.25) is 0 Å². The van der Waals surface area contributed by atoms with Crippen molar-refractivity contribution < 1.29 is 19.2 Å². The summed E-state index contributed by atoms with van der Waals surface area (Å²) in [4.78, 5) is 35.2. The van der Waals surface area contributed by atoms with Crippen molar-refractivity contribution in [2.45, 2.75) is 26.3 Å². The molecule has 29 heavy (non-hydrogen) atoms. The maximum Gasteiger partial charge on any atom is 0.348 e. The highest BCUT2D eigenvalue weighted by molar-refractivity contribution is 7.20. The lowest BCUT2D eigenvalue weighted by Gasteiger charge is -2.17. The molecule has 0 radical (unpaired) electrons. The first-order valence-corrected chi connectivity index (χ1v) is 9.90. The Kier molecular flexibility index (Phi) is 6.23. The van der Waals surface area contributed by atoms with Crippen molar-refractivity contribution in [1.29, 1.82) is 0 Å². The number of thiophene rings is 1. The van der Waals surface area contributed by atoms with Crippen molar-refractivity contribution in [2.24, 2.45) is 0 Å². The van der Waals surface area contributed by atoms with E-state index in [1.807, 2.05) is 38.1 Å². The van der Waals surface area contributed by atoms with Gasteiger partial charge in [-0.15, -0.1) is 11.3 Å². The van der Waals surface area contributed by atoms with Crippen molar-refractivity contribution in [3.05, 3.63) is 74.6 Å². The molecule has 8 heteroatoms. The predicted octanol–water partition coefficient (Wildman–Crippen LogP) is 4.54. The number of amides is 1. The molecule has 0 saturated carbocycles. The van der Waals surface area contributed by atoms with E-state index < -0.39 is 17.5 Å². The number of hydrogen-bond acceptors (Lipinski definition) is 6. The molecule has 150 valence electrons. The molecule has 0 aliphatic rings. The third-order valence-electron chi connectivity index (χ3n) is 4.47. The number of nitro benzene ring substituents is 1. The molecule has 1 N–H and O–H groups in total. The molecule has 3 aromatic rings. The van der Waals surface area contributed by atoms with Gasteiger partial charge in [-0.1, -0.05) is 36.8 Å². The number of carbonyl (C=O) groups excluding carboxylic acids is 2. The summed E-state index contributed by atoms with van der Waals surface area (Å²) in [6, 6.07) is 13.7. The normalized spacial score (nSPS) is 11.8. The Labute approximate surface area is 171 Å². The summed E-state index contributed by atoms with van der Waals surface area (Å²) in [5.74, 6) is -1.02. The average Bonchev–Trinajstić information content (AvgIpc) is 3.14. The average molecular weight is 412 g/mol. The lowest BCUT2D eigenvalue weighted by Crippen LogP contribution is -2.32. The molecule has 0 saturated heterocycles. The Morgan fingerprint density at radius 3 is 2.55 bits per heavy atom. The molecule has 1 heterocycles. The van der Waals surface area contributed by atoms with Crippen LogP contribution in [0, 0.1) is 17.0 Å². The highest BCUT2D eigenvalue weighted by Crippen LogP contribution is 2.29. The molecule has 2 aromatic carbocycles. The van der Waals surface area contributed by atoms with E-state index in [2.05, 4.69) is 5.32 Å². The minimum Gasteiger partial charge on any atom is -0.451 e. The number of nitrogens with zero attached hydrogens (tertiary/aromatic N) is 1. The van der Waals surface area contributed by atoms with Crippen LogP contribution in [-0.4, -0.2) is 23.4 Å². The predicted molar refractivity (Wildman–Crippen MR) is 111 cm³/mol. The maximum absolute atomic E-state index is 12.3. The summed E-state index contributed by atoms with van der Waals surface area (Å²) in [7, 11) is 0. The first kappa shape index (κ1) is 20.5. The highest BCUT2D eigenvalue weighted by atomic mass is 32.1. The van der Waals surface area contributed by atoms with Gasteiger partial charge in [0.25, 0.3) is 11.6 Å². The molecular formula is C21H20N2O5S. The number of rotatable bonds is 7. The molecule has 1 atom stereocenters. The topological polar surface area (TPSA) is 98.5 Å². The number of non-ortho nitro benzene ring substituents is 1. The monoisotopic (exact) mass is 412 g/mol. The number of fused-ring (bicyclic) bond motifs is 1. The number of esters is 1. The van der Waals surface area contributed by atoms with Gasteiger partial charge in [0.05, 0.1) is 11.0 Å². The Balaban J connectivity index is 1.60. The summed E-state index contributed by atoms with van der Waals surface area (Å²) in [6.45, 7) is 3.57. The smallest absolute Gasteiger partial charge is 0.348 e. The van der Waals surface area contributed by atoms with Gasteiger partial charge in [-0.25, -0.2) is 4.79 Å². The fourth-order valence-corrected chi connectivity index (χ4v) is 3.84. The van der Waals surface area contributed by atoms with Crippen LogP contribution in [0.1, 0.15) is 40.2 Å². The van der Waals surface area contributed by atoms with Crippen LogP contribution in [0.15, 0.2) is 48.5 Å². The van der Waals surface area contributed by atoms with E-state index in [1.54, 1.807) is 6.07 Å². The van der Waals surface area contributed by atoms with Crippen molar-refractivity contribution >= 4 is 39.0 Å². The van der Waals surface area contributed by atoms with Crippen LogP contribution in [0.5, 0.6) is 0 Å². The summed E-state index contributed by atoms with van der Waals surface area (Å²) < 4.78 is 5.86. The fourth-order valence-electron chi connectivity index (χ4n) is 2.90. The molecule has 1 amide bonds. The number of nitro groups is 1. The first-order valence-electron chi connectivity index (χ1n) is 9.08. The van der Waals surface area contributed by atoms with Crippen molar-refractivity contribution in [2.75, 3.05) is 6.61 Å². The van der Waals surface area contributed by atoms with Crippen molar-refractivity contribution in [1.82, 2.24) is 5.32 Å². The van der Waals surface area contributed by atoms with Gasteiger partial charge in [0.2, 0.25) is 0 Å². The van der Waals surface area contributed by atoms with Crippen LogP contribution in [0.25, 0.3) is 10.1 Å². The SMILES string of the molecule is CC[C@H](NC(=O)COC(=O)c1cc2cc([N+](=O)[O-])ccc2s1)c1ccc(C)cc1. The van der Waals surface area contributed by atoms with Crippen LogP contribution in [-0.2, 0) is 9.53 Å². The summed E-state index contributed by atoms with van der Waals surface area (Å²) in [5, 5.41) is 14.3. The molecule has 0 fully saturated rings. The summed E-state index contributed by atoms with van der Waals surface area (Å²) in [5.41, 5.74) is 2.08. The minimum absolute atomic E-state index is 0.0451. The van der Waals surface area contributed by atoms with Gasteiger partial charge < -0.3 is 10.1 Å². The second-order valence-corrected chi connectivity index (χ2v) is 7.69. The van der Waals surface area contributed by atoms with E-state index in [-0.39, 0.29) is 17.6 Å². The largest absolute Gasteiger partial charge is 0.451 e. The van der Waals surface area contributed by atoms with E-state index >= 15 is 0 Å². The second-order valence-electron chi connectivity index (χ2n) is 6.61. The number of ether oxygens (including phenoxy) is 1. The van der Waals surface area contributed by atoms with E-state index in [0.29, 0.717) is 16.7 Å². The molecule has 7 nitrogen and oxygen atoms in total. The summed E-state index contributed by atoms with van der Waals surface area (Å²) >= 11 is 1.17. The van der Waals surface area contributed by atoms with Gasteiger partial charge in [-0.05, 0) is 31.0 Å². The minimum atomic E-state index is -0.632. The Morgan fingerprint density at radius 1 is 1.17 bits per heavy atom. The van der Waals surface area contributed by atoms with Gasteiger partial charge in [0, 0.05) is 22.2 Å². The number of carbonyl (C=O) groups is 2. The fraction of sp³-hybridized carbons (Fsp3) is 0.238. The number of nitrogens with one attached hydrogen (secondary N) is 1. The molecule has 0 aliphatic heterocycles. The number of hydrogen-bond donors (Lipinski definition) is 1. The van der Waals surface area contributed by atoms with Gasteiger partial charge in [-0.2, -0.15) is 0 Å². The molecule has 3 rings (SSSR count). The van der Waals surface area contributed by atoms with Gasteiger partial charge in [0.15, 0.2) is 6.61 Å². The zero-order chi connectivity index (χ0) is 21.0. The molecule has 1 aromatic heterocycles. The lowest BCUT2D eigenvalue weighted by molar-refractivity contribution is -0.384. The Bertz CT molecular complexity index is 1060. The van der Waals surface area contributed by atoms with Crippen LogP contribution in [0.4, 0.5) is 5.69 Å². The third kappa shape index (κ3) is 4.97. The number of benzene rings is 2. The zero-order valence-electron chi connectivity index (χ0n) is 16.0. The third-order valence-corrected chi connectivity index (χ3v) is 5.57. The van der Waals surface area contributed by atoms with Gasteiger partial charge in [0.1, 0.15) is 4.88 Å². The zero-order valence-corrected chi connectivity index (χ0v) is 16.8. The highest BCUT2D eigenvalue weighted by Gasteiger charge is 2.17. The van der Waals surface area contributed by atoms with E-state index in [1.165, 1.54) is 29.5 Å².